The van der Waals surface area contributed by atoms with Gasteiger partial charge < -0.3 is 9.80 Å². The molecule has 190 valence electrons. The topological polar surface area (TPSA) is 6.48 Å². The van der Waals surface area contributed by atoms with Crippen LogP contribution in [-0.2, 0) is 0 Å². The first-order valence-corrected chi connectivity index (χ1v) is 13.9. The van der Waals surface area contributed by atoms with Crippen LogP contribution in [0.4, 0.5) is 34.1 Å². The highest BCUT2D eigenvalue weighted by molar-refractivity contribution is 7.00. The van der Waals surface area contributed by atoms with Crippen LogP contribution in [0.2, 0.25) is 0 Å². The van der Waals surface area contributed by atoms with Crippen LogP contribution in [0.1, 0.15) is 33.4 Å². The summed E-state index contributed by atoms with van der Waals surface area (Å²) in [7, 11) is 0. The minimum Gasteiger partial charge on any atom is -0.311 e. The van der Waals surface area contributed by atoms with Gasteiger partial charge in [0.15, 0.2) is 0 Å². The van der Waals surface area contributed by atoms with Crippen molar-refractivity contribution in [1.29, 1.82) is 0 Å². The molecule has 0 atom stereocenters. The fraction of sp³-hybridized carbons (Fsp3) is 0.167. The molecule has 0 saturated heterocycles. The van der Waals surface area contributed by atoms with Crippen LogP contribution in [0.3, 0.4) is 0 Å². The fourth-order valence-electron chi connectivity index (χ4n) is 7.11. The number of hydrogen-bond acceptors (Lipinski definition) is 2. The molecule has 0 unspecified atom stereocenters. The molecular weight excluding hydrogens is 471 g/mol. The predicted molar refractivity (Wildman–Crippen MR) is 169 cm³/mol. The lowest BCUT2D eigenvalue weighted by atomic mass is 9.33. The summed E-state index contributed by atoms with van der Waals surface area (Å²) < 4.78 is 0. The molecule has 2 aliphatic rings. The molecule has 0 radical (unpaired) electrons. The van der Waals surface area contributed by atoms with E-state index in [4.69, 9.17) is 0 Å². The molecule has 5 aromatic carbocycles. The lowest BCUT2D eigenvalue weighted by molar-refractivity contribution is 1.22. The minimum atomic E-state index is 0.173. The van der Waals surface area contributed by atoms with Crippen molar-refractivity contribution in [2.24, 2.45) is 0 Å². The third kappa shape index (κ3) is 3.64. The molecular formula is C36H33BN2. The number of benzene rings is 5. The van der Waals surface area contributed by atoms with Crippen molar-refractivity contribution < 1.29 is 0 Å². The van der Waals surface area contributed by atoms with Crippen molar-refractivity contribution in [1.82, 2.24) is 0 Å². The van der Waals surface area contributed by atoms with Crippen molar-refractivity contribution in [3.05, 3.63) is 124 Å². The maximum Gasteiger partial charge on any atom is 0.252 e. The molecule has 0 N–H and O–H groups in total. The summed E-state index contributed by atoms with van der Waals surface area (Å²) in [6, 6.07) is 34.4. The average molecular weight is 504 g/mol. The Labute approximate surface area is 232 Å². The van der Waals surface area contributed by atoms with E-state index < -0.39 is 0 Å². The summed E-state index contributed by atoms with van der Waals surface area (Å²) in [4.78, 5) is 5.00. The second kappa shape index (κ2) is 8.64. The molecule has 0 bridgehead atoms. The van der Waals surface area contributed by atoms with Gasteiger partial charge in [0, 0.05) is 34.1 Å². The molecule has 0 amide bonds. The maximum atomic E-state index is 2.51. The van der Waals surface area contributed by atoms with Gasteiger partial charge in [-0.1, -0.05) is 48.0 Å². The molecule has 5 aromatic rings. The quantitative estimate of drug-likeness (QED) is 0.224. The lowest BCUT2D eigenvalue weighted by Crippen LogP contribution is -2.62. The Morgan fingerprint density at radius 2 is 0.923 bits per heavy atom. The third-order valence-corrected chi connectivity index (χ3v) is 8.29. The van der Waals surface area contributed by atoms with E-state index in [1.807, 2.05) is 0 Å². The summed E-state index contributed by atoms with van der Waals surface area (Å²) in [5.74, 6) is 0. The molecule has 39 heavy (non-hydrogen) atoms. The van der Waals surface area contributed by atoms with Crippen molar-refractivity contribution in [3.63, 3.8) is 0 Å². The average Bonchev–Trinajstić information content (AvgIpc) is 2.87. The van der Waals surface area contributed by atoms with Crippen LogP contribution in [-0.4, -0.2) is 6.71 Å². The van der Waals surface area contributed by atoms with Crippen molar-refractivity contribution in [2.75, 3.05) is 9.80 Å². The monoisotopic (exact) mass is 504 g/mol. The summed E-state index contributed by atoms with van der Waals surface area (Å²) in [5, 5.41) is 0. The molecule has 2 nitrogen and oxygen atoms in total. The Hall–Kier alpha value is -4.24. The summed E-state index contributed by atoms with van der Waals surface area (Å²) >= 11 is 0. The molecule has 2 aliphatic heterocycles. The Kier molecular flexibility index (Phi) is 5.28. The zero-order valence-electron chi connectivity index (χ0n) is 23.6. The first-order valence-electron chi connectivity index (χ1n) is 13.9. The summed E-state index contributed by atoms with van der Waals surface area (Å²) in [6.45, 7) is 13.5. The third-order valence-electron chi connectivity index (χ3n) is 8.29. The second-order valence-corrected chi connectivity index (χ2v) is 11.6. The number of para-hydroxylation sites is 1. The molecule has 0 aromatic heterocycles. The summed E-state index contributed by atoms with van der Waals surface area (Å²) in [5.41, 5.74) is 19.5. The first-order chi connectivity index (χ1) is 18.8. The Bertz CT molecular complexity index is 1760. The van der Waals surface area contributed by atoms with Crippen LogP contribution in [0, 0.1) is 41.5 Å². The number of hydrogen-bond donors (Lipinski definition) is 0. The number of nitrogens with zero attached hydrogens (tertiary/aromatic N) is 2. The molecule has 0 aliphatic carbocycles. The number of fused-ring (bicyclic) bond motifs is 4. The molecule has 3 heteroatoms. The molecule has 0 spiro atoms. The van der Waals surface area contributed by atoms with E-state index in [-0.39, 0.29) is 6.71 Å². The van der Waals surface area contributed by atoms with Gasteiger partial charge >= 0.3 is 0 Å². The van der Waals surface area contributed by atoms with Crippen molar-refractivity contribution in [2.45, 2.75) is 41.5 Å². The van der Waals surface area contributed by atoms with E-state index >= 15 is 0 Å². The standard InChI is InChI=1S/C36H33BN2/c1-22-14-23(2)18-28(17-22)38-31-11-8-7-10-30(31)37-35-27(6)16-26(5)21-34(35)39(29-19-24(3)15-25(4)20-29)33-13-9-12-32(38)36(33)37/h7-21H,1-6H3. The van der Waals surface area contributed by atoms with Gasteiger partial charge in [-0.3, -0.25) is 0 Å². The highest BCUT2D eigenvalue weighted by Gasteiger charge is 2.43. The maximum absolute atomic E-state index is 2.51. The smallest absolute Gasteiger partial charge is 0.252 e. The van der Waals surface area contributed by atoms with E-state index in [0.717, 1.165) is 0 Å². The van der Waals surface area contributed by atoms with Crippen LogP contribution in [0.15, 0.2) is 91.0 Å². The van der Waals surface area contributed by atoms with Crippen molar-refractivity contribution in [3.8, 4) is 0 Å². The number of aryl methyl sites for hydroxylation is 6. The van der Waals surface area contributed by atoms with E-state index in [2.05, 4.69) is 142 Å². The lowest BCUT2D eigenvalue weighted by Gasteiger charge is -2.44. The van der Waals surface area contributed by atoms with Gasteiger partial charge in [0.05, 0.1) is 0 Å². The zero-order chi connectivity index (χ0) is 27.0. The van der Waals surface area contributed by atoms with Crippen LogP contribution in [0.5, 0.6) is 0 Å². The normalized spacial score (nSPS) is 13.2. The van der Waals surface area contributed by atoms with Gasteiger partial charge in [-0.25, -0.2) is 0 Å². The van der Waals surface area contributed by atoms with Gasteiger partial charge in [-0.2, -0.15) is 0 Å². The minimum absolute atomic E-state index is 0.173. The SMILES string of the molecule is Cc1cc(C)cc(N2c3ccccc3B3c4c(C)cc(C)cc4N(c4cc(C)cc(C)c4)c4cccc2c43)c1. The highest BCUT2D eigenvalue weighted by Crippen LogP contribution is 2.44. The van der Waals surface area contributed by atoms with E-state index in [1.54, 1.807) is 0 Å². The Balaban J connectivity index is 1.60. The number of rotatable bonds is 2. The van der Waals surface area contributed by atoms with E-state index in [1.165, 1.54) is 83.9 Å². The second-order valence-electron chi connectivity index (χ2n) is 11.6. The fourth-order valence-corrected chi connectivity index (χ4v) is 7.11. The van der Waals surface area contributed by atoms with Gasteiger partial charge in [0.25, 0.3) is 6.71 Å². The van der Waals surface area contributed by atoms with Gasteiger partial charge in [-0.05, 0) is 134 Å². The molecule has 0 fully saturated rings. The zero-order valence-corrected chi connectivity index (χ0v) is 23.6. The number of anilines is 6. The van der Waals surface area contributed by atoms with E-state index in [0.29, 0.717) is 0 Å². The van der Waals surface area contributed by atoms with Crippen LogP contribution < -0.4 is 26.2 Å². The van der Waals surface area contributed by atoms with Gasteiger partial charge in [0.2, 0.25) is 0 Å². The van der Waals surface area contributed by atoms with Gasteiger partial charge in [0.1, 0.15) is 0 Å². The van der Waals surface area contributed by atoms with E-state index in [9.17, 15) is 0 Å². The van der Waals surface area contributed by atoms with Gasteiger partial charge in [-0.15, -0.1) is 0 Å². The van der Waals surface area contributed by atoms with Crippen LogP contribution in [0.25, 0.3) is 0 Å². The Morgan fingerprint density at radius 3 is 1.51 bits per heavy atom. The summed E-state index contributed by atoms with van der Waals surface area (Å²) in [6.07, 6.45) is 0. The van der Waals surface area contributed by atoms with Crippen LogP contribution >= 0.6 is 0 Å². The predicted octanol–water partition coefficient (Wildman–Crippen LogP) is 7.62. The molecule has 7 rings (SSSR count). The molecule has 0 saturated carbocycles. The molecule has 2 heterocycles. The Morgan fingerprint density at radius 1 is 0.436 bits per heavy atom. The first kappa shape index (κ1) is 23.9. The highest BCUT2D eigenvalue weighted by atomic mass is 15.2. The van der Waals surface area contributed by atoms with Crippen molar-refractivity contribution >= 4 is 57.2 Å². The largest absolute Gasteiger partial charge is 0.311 e.